The maximum Gasteiger partial charge on any atom is 0.242 e. The van der Waals surface area contributed by atoms with E-state index >= 15 is 0 Å². The van der Waals surface area contributed by atoms with Crippen molar-refractivity contribution in [3.8, 4) is 5.88 Å². The topological polar surface area (TPSA) is 76.1 Å². The van der Waals surface area contributed by atoms with Crippen LogP contribution < -0.4 is 15.4 Å². The Morgan fingerprint density at radius 3 is 2.71 bits per heavy atom. The van der Waals surface area contributed by atoms with E-state index in [0.717, 1.165) is 0 Å². The Morgan fingerprint density at radius 1 is 1.41 bits per heavy atom. The molecular weight excluding hydrogens is 220 g/mol. The van der Waals surface area contributed by atoms with Gasteiger partial charge in [0.15, 0.2) is 0 Å². The number of nitrogens with zero attached hydrogens (tertiary/aromatic N) is 2. The van der Waals surface area contributed by atoms with Crippen molar-refractivity contribution in [1.82, 2.24) is 15.3 Å². The molecule has 1 atom stereocenters. The van der Waals surface area contributed by atoms with Gasteiger partial charge < -0.3 is 15.4 Å². The quantitative estimate of drug-likeness (QED) is 0.794. The van der Waals surface area contributed by atoms with Crippen LogP contribution in [0, 0.1) is 0 Å². The summed E-state index contributed by atoms with van der Waals surface area (Å²) in [4.78, 5) is 19.5. The lowest BCUT2D eigenvalue weighted by Crippen LogP contribution is -2.35. The van der Waals surface area contributed by atoms with Crippen molar-refractivity contribution < 1.29 is 9.53 Å². The molecule has 1 amide bonds. The van der Waals surface area contributed by atoms with Gasteiger partial charge in [-0.15, -0.1) is 0 Å². The number of nitrogens with one attached hydrogen (secondary N) is 2. The number of carbonyl (C=O) groups excluding carboxylic acids is 1. The summed E-state index contributed by atoms with van der Waals surface area (Å²) in [5.74, 6) is 0.740. The zero-order valence-corrected chi connectivity index (χ0v) is 10.5. The van der Waals surface area contributed by atoms with E-state index in [0.29, 0.717) is 11.8 Å². The predicted molar refractivity (Wildman–Crippen MR) is 64.9 cm³/mol. The van der Waals surface area contributed by atoms with Gasteiger partial charge in [0, 0.05) is 19.3 Å². The van der Waals surface area contributed by atoms with Gasteiger partial charge in [0.2, 0.25) is 17.7 Å². The number of likely N-dealkylation sites (N-methyl/N-ethyl adjacent to an activating group) is 1. The van der Waals surface area contributed by atoms with E-state index < -0.39 is 6.04 Å². The summed E-state index contributed by atoms with van der Waals surface area (Å²) in [5, 5.41) is 5.44. The SMILES string of the molecule is CNC(=O)C(C)Nc1nccc(OC(C)C)n1. The molecule has 0 fully saturated rings. The molecular formula is C11H18N4O2. The fourth-order valence-electron chi connectivity index (χ4n) is 1.19. The largest absolute Gasteiger partial charge is 0.475 e. The Labute approximate surface area is 101 Å². The summed E-state index contributed by atoms with van der Waals surface area (Å²) in [7, 11) is 1.58. The number of rotatable bonds is 5. The van der Waals surface area contributed by atoms with Crippen LogP contribution in [-0.2, 0) is 4.79 Å². The standard InChI is InChI=1S/C11H18N4O2/c1-7(2)17-9-5-6-13-11(15-9)14-8(3)10(16)12-4/h5-8H,1-4H3,(H,12,16)(H,13,14,15). The van der Waals surface area contributed by atoms with Gasteiger partial charge >= 0.3 is 0 Å². The lowest BCUT2D eigenvalue weighted by atomic mass is 10.3. The molecule has 0 aliphatic carbocycles. The third-order valence-electron chi connectivity index (χ3n) is 1.97. The minimum absolute atomic E-state index is 0.0501. The molecule has 0 aliphatic heterocycles. The minimum Gasteiger partial charge on any atom is -0.475 e. The summed E-state index contributed by atoms with van der Waals surface area (Å²) in [6.07, 6.45) is 1.64. The highest BCUT2D eigenvalue weighted by Crippen LogP contribution is 2.10. The highest BCUT2D eigenvalue weighted by Gasteiger charge is 2.12. The van der Waals surface area contributed by atoms with Crippen molar-refractivity contribution in [1.29, 1.82) is 0 Å². The highest BCUT2D eigenvalue weighted by molar-refractivity contribution is 5.83. The fourth-order valence-corrected chi connectivity index (χ4v) is 1.19. The molecule has 94 valence electrons. The molecule has 1 aromatic rings. The number of hydrogen-bond acceptors (Lipinski definition) is 5. The van der Waals surface area contributed by atoms with Crippen molar-refractivity contribution >= 4 is 11.9 Å². The maximum atomic E-state index is 11.3. The van der Waals surface area contributed by atoms with Gasteiger partial charge in [-0.2, -0.15) is 4.98 Å². The zero-order valence-electron chi connectivity index (χ0n) is 10.5. The number of anilines is 1. The molecule has 0 spiro atoms. The van der Waals surface area contributed by atoms with E-state index in [1.807, 2.05) is 13.8 Å². The van der Waals surface area contributed by atoms with Crippen LogP contribution in [0.5, 0.6) is 5.88 Å². The second kappa shape index (κ2) is 6.03. The van der Waals surface area contributed by atoms with Gasteiger partial charge in [-0.25, -0.2) is 4.98 Å². The second-order valence-corrected chi connectivity index (χ2v) is 3.87. The molecule has 1 unspecified atom stereocenters. The van der Waals surface area contributed by atoms with Crippen molar-refractivity contribution in [2.75, 3.05) is 12.4 Å². The van der Waals surface area contributed by atoms with E-state index in [1.54, 1.807) is 26.2 Å². The van der Waals surface area contributed by atoms with Crippen LogP contribution >= 0.6 is 0 Å². The van der Waals surface area contributed by atoms with E-state index in [9.17, 15) is 4.79 Å². The number of carbonyl (C=O) groups is 1. The third kappa shape index (κ3) is 4.26. The Bertz CT molecular complexity index is 381. The molecule has 1 aromatic heterocycles. The molecule has 0 saturated carbocycles. The van der Waals surface area contributed by atoms with E-state index in [-0.39, 0.29) is 12.0 Å². The van der Waals surface area contributed by atoms with Crippen molar-refractivity contribution in [3.05, 3.63) is 12.3 Å². The smallest absolute Gasteiger partial charge is 0.242 e. The van der Waals surface area contributed by atoms with Gasteiger partial charge in [-0.1, -0.05) is 0 Å². The first-order valence-electron chi connectivity index (χ1n) is 5.50. The number of aromatic nitrogens is 2. The Kier molecular flexibility index (Phi) is 4.68. The molecule has 1 heterocycles. The first-order chi connectivity index (χ1) is 8.02. The number of amides is 1. The average Bonchev–Trinajstić information content (AvgIpc) is 2.27. The molecule has 6 nitrogen and oxygen atoms in total. The summed E-state index contributed by atoms with van der Waals surface area (Å²) < 4.78 is 5.43. The summed E-state index contributed by atoms with van der Waals surface area (Å²) in [5.41, 5.74) is 0. The molecule has 0 radical (unpaired) electrons. The first kappa shape index (κ1) is 13.2. The van der Waals surface area contributed by atoms with Crippen LogP contribution in [0.4, 0.5) is 5.95 Å². The fraction of sp³-hybridized carbons (Fsp3) is 0.545. The molecule has 0 aliphatic rings. The van der Waals surface area contributed by atoms with Crippen LogP contribution in [-0.4, -0.2) is 35.1 Å². The van der Waals surface area contributed by atoms with Crippen LogP contribution in [0.3, 0.4) is 0 Å². The summed E-state index contributed by atoms with van der Waals surface area (Å²) >= 11 is 0. The zero-order chi connectivity index (χ0) is 12.8. The van der Waals surface area contributed by atoms with E-state index in [2.05, 4.69) is 20.6 Å². The van der Waals surface area contributed by atoms with Gasteiger partial charge in [0.05, 0.1) is 6.10 Å². The van der Waals surface area contributed by atoms with Crippen LogP contribution in [0.1, 0.15) is 20.8 Å². The Balaban J connectivity index is 2.68. The van der Waals surface area contributed by atoms with Crippen molar-refractivity contribution in [3.63, 3.8) is 0 Å². The van der Waals surface area contributed by atoms with Gasteiger partial charge in [-0.3, -0.25) is 4.79 Å². The molecule has 0 saturated heterocycles. The highest BCUT2D eigenvalue weighted by atomic mass is 16.5. The Morgan fingerprint density at radius 2 is 2.12 bits per heavy atom. The summed E-state index contributed by atoms with van der Waals surface area (Å²) in [6.45, 7) is 5.57. The van der Waals surface area contributed by atoms with E-state index in [1.165, 1.54) is 0 Å². The molecule has 1 rings (SSSR count). The lowest BCUT2D eigenvalue weighted by molar-refractivity contribution is -0.121. The van der Waals surface area contributed by atoms with Gasteiger partial charge in [-0.05, 0) is 20.8 Å². The Hall–Kier alpha value is -1.85. The summed E-state index contributed by atoms with van der Waals surface area (Å²) in [6, 6.07) is 1.28. The molecule has 17 heavy (non-hydrogen) atoms. The number of ether oxygens (including phenoxy) is 1. The second-order valence-electron chi connectivity index (χ2n) is 3.87. The third-order valence-corrected chi connectivity index (χ3v) is 1.97. The average molecular weight is 238 g/mol. The molecule has 0 aromatic carbocycles. The predicted octanol–water partition coefficient (Wildman–Crippen LogP) is 0.810. The molecule has 2 N–H and O–H groups in total. The normalized spacial score (nSPS) is 12.1. The molecule has 0 bridgehead atoms. The van der Waals surface area contributed by atoms with Crippen molar-refractivity contribution in [2.45, 2.75) is 32.9 Å². The lowest BCUT2D eigenvalue weighted by Gasteiger charge is -2.13. The van der Waals surface area contributed by atoms with Gasteiger partial charge in [0.1, 0.15) is 6.04 Å². The van der Waals surface area contributed by atoms with Crippen LogP contribution in [0.15, 0.2) is 12.3 Å². The molecule has 6 heteroatoms. The van der Waals surface area contributed by atoms with Gasteiger partial charge in [0.25, 0.3) is 0 Å². The van der Waals surface area contributed by atoms with E-state index in [4.69, 9.17) is 4.74 Å². The van der Waals surface area contributed by atoms with Crippen LogP contribution in [0.2, 0.25) is 0 Å². The maximum absolute atomic E-state index is 11.3. The number of hydrogen-bond donors (Lipinski definition) is 2. The monoisotopic (exact) mass is 238 g/mol. The first-order valence-corrected chi connectivity index (χ1v) is 5.50. The van der Waals surface area contributed by atoms with Crippen LogP contribution in [0.25, 0.3) is 0 Å². The van der Waals surface area contributed by atoms with Crippen molar-refractivity contribution in [2.24, 2.45) is 0 Å². The minimum atomic E-state index is -0.394.